The second-order valence-corrected chi connectivity index (χ2v) is 3.21. The normalized spacial score (nSPS) is 11.8. The van der Waals surface area contributed by atoms with E-state index in [2.05, 4.69) is 21.6 Å². The third kappa shape index (κ3) is 1.47. The lowest BCUT2D eigenvalue weighted by Gasteiger charge is -2.01. The minimum Gasteiger partial charge on any atom is -0.373 e. The van der Waals surface area contributed by atoms with Crippen LogP contribution in [0.25, 0.3) is 9.69 Å². The molecule has 0 amide bonds. The number of nitrogens with zero attached hydrogens (tertiary/aromatic N) is 4. The Hall–Kier alpha value is -1.81. The van der Waals surface area contributed by atoms with Crippen molar-refractivity contribution < 1.29 is 0 Å². The SMILES string of the molecule is [C-]#[N+]c1nc(C(C)CC)n(C)c1[N+]#[C-]. The topological polar surface area (TPSA) is 26.5 Å². The van der Waals surface area contributed by atoms with E-state index in [-0.39, 0.29) is 11.7 Å². The first-order valence-electron chi connectivity index (χ1n) is 4.47. The van der Waals surface area contributed by atoms with E-state index in [1.54, 1.807) is 11.6 Å². The van der Waals surface area contributed by atoms with Crippen LogP contribution in [0.5, 0.6) is 0 Å². The molecule has 0 saturated heterocycles. The van der Waals surface area contributed by atoms with Gasteiger partial charge in [0.25, 0.3) is 17.5 Å². The highest BCUT2D eigenvalue weighted by atomic mass is 15.2. The fourth-order valence-corrected chi connectivity index (χ4v) is 1.32. The summed E-state index contributed by atoms with van der Waals surface area (Å²) >= 11 is 0. The first-order chi connectivity index (χ1) is 6.65. The molecule has 0 bridgehead atoms. The molecule has 0 spiro atoms. The van der Waals surface area contributed by atoms with Gasteiger partial charge >= 0.3 is 0 Å². The fraction of sp³-hybridized carbons (Fsp3) is 0.500. The molecule has 72 valence electrons. The van der Waals surface area contributed by atoms with Crippen molar-refractivity contribution in [2.75, 3.05) is 0 Å². The number of imidazole rings is 1. The van der Waals surface area contributed by atoms with E-state index in [0.29, 0.717) is 5.82 Å². The highest BCUT2D eigenvalue weighted by molar-refractivity contribution is 5.63. The molecule has 0 fully saturated rings. The van der Waals surface area contributed by atoms with E-state index in [0.717, 1.165) is 12.2 Å². The van der Waals surface area contributed by atoms with Gasteiger partial charge < -0.3 is 9.69 Å². The van der Waals surface area contributed by atoms with Gasteiger partial charge in [-0.15, -0.1) is 0 Å². The average Bonchev–Trinajstić information content (AvgIpc) is 2.53. The summed E-state index contributed by atoms with van der Waals surface area (Å²) < 4.78 is 1.72. The highest BCUT2D eigenvalue weighted by Gasteiger charge is 2.22. The van der Waals surface area contributed by atoms with Crippen molar-refractivity contribution in [2.24, 2.45) is 7.05 Å². The monoisotopic (exact) mass is 188 g/mol. The summed E-state index contributed by atoms with van der Waals surface area (Å²) in [5, 5.41) is 0. The molecule has 1 rings (SSSR count). The number of rotatable bonds is 2. The summed E-state index contributed by atoms with van der Waals surface area (Å²) in [5.41, 5.74) is 0. The first kappa shape index (κ1) is 10.3. The molecule has 1 unspecified atom stereocenters. The molecule has 14 heavy (non-hydrogen) atoms. The van der Waals surface area contributed by atoms with Gasteiger partial charge in [-0.3, -0.25) is 4.57 Å². The Labute approximate surface area is 83.8 Å². The molecule has 1 heterocycles. The quantitative estimate of drug-likeness (QED) is 0.655. The maximum absolute atomic E-state index is 6.96. The lowest BCUT2D eigenvalue weighted by atomic mass is 10.1. The predicted molar refractivity (Wildman–Crippen MR) is 54.4 cm³/mol. The van der Waals surface area contributed by atoms with Gasteiger partial charge in [0.1, 0.15) is 0 Å². The van der Waals surface area contributed by atoms with Crippen molar-refractivity contribution >= 4 is 11.6 Å². The summed E-state index contributed by atoms with van der Waals surface area (Å²) in [6, 6.07) is 0. The molecule has 0 aliphatic carbocycles. The Balaban J connectivity index is 3.31. The van der Waals surface area contributed by atoms with Crippen LogP contribution in [0, 0.1) is 13.1 Å². The van der Waals surface area contributed by atoms with Crippen LogP contribution in [0.1, 0.15) is 32.0 Å². The molecule has 1 aromatic rings. The Morgan fingerprint density at radius 1 is 1.43 bits per heavy atom. The first-order valence-corrected chi connectivity index (χ1v) is 4.47. The molecule has 0 aromatic carbocycles. The molecule has 0 saturated carbocycles. The maximum Gasteiger partial charge on any atom is 0.293 e. The third-order valence-corrected chi connectivity index (χ3v) is 2.35. The number of hydrogen-bond acceptors (Lipinski definition) is 1. The van der Waals surface area contributed by atoms with E-state index in [4.69, 9.17) is 13.1 Å². The van der Waals surface area contributed by atoms with E-state index in [1.807, 2.05) is 6.92 Å². The van der Waals surface area contributed by atoms with Crippen LogP contribution in [0.15, 0.2) is 0 Å². The minimum absolute atomic E-state index is 0.220. The van der Waals surface area contributed by atoms with Gasteiger partial charge in [0.15, 0.2) is 0 Å². The van der Waals surface area contributed by atoms with Crippen LogP contribution in [0.3, 0.4) is 0 Å². The lowest BCUT2D eigenvalue weighted by Crippen LogP contribution is -2.01. The Morgan fingerprint density at radius 3 is 2.43 bits per heavy atom. The molecule has 1 atom stereocenters. The molecular formula is C10H12N4. The highest BCUT2D eigenvalue weighted by Crippen LogP contribution is 2.31. The number of aromatic nitrogens is 2. The molecule has 0 aliphatic rings. The molecule has 4 nitrogen and oxygen atoms in total. The van der Waals surface area contributed by atoms with Gasteiger partial charge in [-0.1, -0.05) is 32.0 Å². The van der Waals surface area contributed by atoms with Crippen molar-refractivity contribution in [2.45, 2.75) is 26.2 Å². The van der Waals surface area contributed by atoms with Crippen LogP contribution in [0.4, 0.5) is 11.6 Å². The Kier molecular flexibility index (Phi) is 2.89. The van der Waals surface area contributed by atoms with Crippen molar-refractivity contribution in [3.63, 3.8) is 0 Å². The maximum atomic E-state index is 6.96. The van der Waals surface area contributed by atoms with Crippen molar-refractivity contribution in [3.05, 3.63) is 28.7 Å². The van der Waals surface area contributed by atoms with Crippen LogP contribution >= 0.6 is 0 Å². The van der Waals surface area contributed by atoms with Gasteiger partial charge in [0.2, 0.25) is 0 Å². The second kappa shape index (κ2) is 3.93. The van der Waals surface area contributed by atoms with Gasteiger partial charge in [-0.05, 0) is 6.42 Å². The molecule has 0 aliphatic heterocycles. The van der Waals surface area contributed by atoms with Gasteiger partial charge in [0, 0.05) is 0 Å². The molecule has 0 radical (unpaired) electrons. The molecule has 1 aromatic heterocycles. The zero-order valence-electron chi connectivity index (χ0n) is 8.57. The summed E-state index contributed by atoms with van der Waals surface area (Å²) in [4.78, 5) is 10.7. The third-order valence-electron chi connectivity index (χ3n) is 2.35. The average molecular weight is 188 g/mol. The van der Waals surface area contributed by atoms with E-state index < -0.39 is 0 Å². The largest absolute Gasteiger partial charge is 0.373 e. The fourth-order valence-electron chi connectivity index (χ4n) is 1.32. The zero-order valence-corrected chi connectivity index (χ0v) is 8.57. The van der Waals surface area contributed by atoms with E-state index in [1.165, 1.54) is 0 Å². The lowest BCUT2D eigenvalue weighted by molar-refractivity contribution is 0.645. The summed E-state index contributed by atoms with van der Waals surface area (Å²) in [5.74, 6) is 1.67. The van der Waals surface area contributed by atoms with Crippen LogP contribution in [-0.4, -0.2) is 9.55 Å². The zero-order chi connectivity index (χ0) is 10.7. The van der Waals surface area contributed by atoms with Crippen LogP contribution in [0.2, 0.25) is 0 Å². The van der Waals surface area contributed by atoms with Gasteiger partial charge in [0.05, 0.1) is 13.0 Å². The van der Waals surface area contributed by atoms with E-state index >= 15 is 0 Å². The summed E-state index contributed by atoms with van der Waals surface area (Å²) in [6.45, 7) is 18.0. The van der Waals surface area contributed by atoms with E-state index in [9.17, 15) is 0 Å². The molecule has 4 heteroatoms. The second-order valence-electron chi connectivity index (χ2n) is 3.21. The predicted octanol–water partition coefficient (Wildman–Crippen LogP) is 3.04. The summed E-state index contributed by atoms with van der Waals surface area (Å²) in [6.07, 6.45) is 0.958. The van der Waals surface area contributed by atoms with Gasteiger partial charge in [-0.25, -0.2) is 0 Å². The summed E-state index contributed by atoms with van der Waals surface area (Å²) in [7, 11) is 1.79. The van der Waals surface area contributed by atoms with Crippen molar-refractivity contribution in [1.29, 1.82) is 0 Å². The van der Waals surface area contributed by atoms with Gasteiger partial charge in [-0.2, -0.15) is 0 Å². The number of hydrogen-bond donors (Lipinski definition) is 0. The Morgan fingerprint density at radius 2 is 2.07 bits per heavy atom. The smallest absolute Gasteiger partial charge is 0.293 e. The standard InChI is InChI=1S/C10H12N4/c1-6-7(2)9-13-8(11-3)10(12-4)14(9)5/h7H,6H2,1-2,5H3. The van der Waals surface area contributed by atoms with Crippen molar-refractivity contribution in [3.8, 4) is 0 Å². The van der Waals surface area contributed by atoms with Crippen molar-refractivity contribution in [1.82, 2.24) is 9.55 Å². The Bertz CT molecular complexity index is 417. The molecular weight excluding hydrogens is 176 g/mol. The minimum atomic E-state index is 0.220. The molecule has 0 N–H and O–H groups in total. The van der Waals surface area contributed by atoms with Crippen LogP contribution < -0.4 is 0 Å². The van der Waals surface area contributed by atoms with Crippen LogP contribution in [-0.2, 0) is 7.05 Å².